The smallest absolute Gasteiger partial charge is 0.224 e. The van der Waals surface area contributed by atoms with Crippen LogP contribution in [0, 0.1) is 0 Å². The fourth-order valence-corrected chi connectivity index (χ4v) is 1.79. The van der Waals surface area contributed by atoms with Crippen molar-refractivity contribution in [3.05, 3.63) is 35.1 Å². The third kappa shape index (κ3) is 4.46. The number of methoxy groups -OCH3 is 1. The normalized spacial score (nSPS) is 10.2. The lowest BCUT2D eigenvalue weighted by molar-refractivity contribution is 0.397. The SMILES string of the molecule is CCCNc1ncc(Cl)c(NCc2ccc(OC)nc2)n1. The van der Waals surface area contributed by atoms with E-state index in [4.69, 9.17) is 16.3 Å². The van der Waals surface area contributed by atoms with Crippen LogP contribution in [0.15, 0.2) is 24.5 Å². The van der Waals surface area contributed by atoms with Crippen molar-refractivity contribution < 1.29 is 4.74 Å². The van der Waals surface area contributed by atoms with E-state index in [-0.39, 0.29) is 0 Å². The largest absolute Gasteiger partial charge is 0.481 e. The maximum absolute atomic E-state index is 6.09. The molecule has 0 unspecified atom stereocenters. The number of hydrogen-bond donors (Lipinski definition) is 2. The lowest BCUT2D eigenvalue weighted by Gasteiger charge is -2.09. The van der Waals surface area contributed by atoms with Crippen molar-refractivity contribution in [2.75, 3.05) is 24.3 Å². The maximum atomic E-state index is 6.09. The Morgan fingerprint density at radius 1 is 1.19 bits per heavy atom. The highest BCUT2D eigenvalue weighted by Crippen LogP contribution is 2.20. The van der Waals surface area contributed by atoms with Crippen LogP contribution in [0.4, 0.5) is 11.8 Å². The Kier molecular flexibility index (Phi) is 5.57. The average Bonchev–Trinajstić information content (AvgIpc) is 2.53. The van der Waals surface area contributed by atoms with Gasteiger partial charge >= 0.3 is 0 Å². The zero-order chi connectivity index (χ0) is 15.1. The van der Waals surface area contributed by atoms with E-state index >= 15 is 0 Å². The van der Waals surface area contributed by atoms with Crippen LogP contribution in [0.25, 0.3) is 0 Å². The molecule has 0 spiro atoms. The first-order valence-electron chi connectivity index (χ1n) is 6.72. The van der Waals surface area contributed by atoms with Crippen LogP contribution in [0.1, 0.15) is 18.9 Å². The predicted molar refractivity (Wildman–Crippen MR) is 83.9 cm³/mol. The molecule has 2 rings (SSSR count). The van der Waals surface area contributed by atoms with E-state index in [2.05, 4.69) is 32.5 Å². The van der Waals surface area contributed by atoms with E-state index < -0.39 is 0 Å². The number of rotatable bonds is 7. The summed E-state index contributed by atoms with van der Waals surface area (Å²) in [5.41, 5.74) is 1.01. The van der Waals surface area contributed by atoms with Crippen LogP contribution in [0.3, 0.4) is 0 Å². The van der Waals surface area contributed by atoms with Gasteiger partial charge in [-0.25, -0.2) is 9.97 Å². The van der Waals surface area contributed by atoms with Gasteiger partial charge in [0.05, 0.1) is 13.3 Å². The van der Waals surface area contributed by atoms with Crippen molar-refractivity contribution in [3.63, 3.8) is 0 Å². The number of ether oxygens (including phenoxy) is 1. The van der Waals surface area contributed by atoms with Gasteiger partial charge in [-0.1, -0.05) is 24.6 Å². The Balaban J connectivity index is 2.00. The fourth-order valence-electron chi connectivity index (χ4n) is 1.64. The highest BCUT2D eigenvalue weighted by Gasteiger charge is 2.05. The summed E-state index contributed by atoms with van der Waals surface area (Å²) in [6.45, 7) is 3.48. The van der Waals surface area contributed by atoms with E-state index in [1.54, 1.807) is 19.5 Å². The lowest BCUT2D eigenvalue weighted by atomic mass is 10.3. The van der Waals surface area contributed by atoms with Crippen LogP contribution in [-0.2, 0) is 6.54 Å². The van der Waals surface area contributed by atoms with Crippen LogP contribution in [0.2, 0.25) is 5.02 Å². The standard InChI is InChI=1S/C14H18ClN5O/c1-3-6-16-14-19-9-11(15)13(20-14)18-8-10-4-5-12(21-2)17-7-10/h4-5,7,9H,3,6,8H2,1-2H3,(H2,16,18,19,20). The molecule has 0 aliphatic carbocycles. The minimum absolute atomic E-state index is 0.485. The summed E-state index contributed by atoms with van der Waals surface area (Å²) < 4.78 is 5.02. The van der Waals surface area contributed by atoms with Crippen molar-refractivity contribution in [2.24, 2.45) is 0 Å². The second-order valence-electron chi connectivity index (χ2n) is 4.38. The van der Waals surface area contributed by atoms with E-state index in [0.29, 0.717) is 29.2 Å². The molecule has 0 saturated heterocycles. The van der Waals surface area contributed by atoms with Gasteiger partial charge in [-0.05, 0) is 12.0 Å². The van der Waals surface area contributed by atoms with Gasteiger partial charge in [0.1, 0.15) is 5.02 Å². The molecule has 2 aromatic heterocycles. The Hall–Kier alpha value is -2.08. The number of nitrogens with one attached hydrogen (secondary N) is 2. The Labute approximate surface area is 128 Å². The van der Waals surface area contributed by atoms with Gasteiger partial charge in [0, 0.05) is 25.4 Å². The topological polar surface area (TPSA) is 72.0 Å². The van der Waals surface area contributed by atoms with Crippen LogP contribution in [-0.4, -0.2) is 28.6 Å². The summed E-state index contributed by atoms with van der Waals surface area (Å²) in [7, 11) is 1.59. The van der Waals surface area contributed by atoms with E-state index in [0.717, 1.165) is 18.5 Å². The maximum Gasteiger partial charge on any atom is 0.224 e. The molecule has 7 heteroatoms. The van der Waals surface area contributed by atoms with Crippen LogP contribution < -0.4 is 15.4 Å². The highest BCUT2D eigenvalue weighted by molar-refractivity contribution is 6.32. The molecule has 2 N–H and O–H groups in total. The fraction of sp³-hybridized carbons (Fsp3) is 0.357. The second-order valence-corrected chi connectivity index (χ2v) is 4.79. The van der Waals surface area contributed by atoms with Gasteiger partial charge in [0.25, 0.3) is 0 Å². The number of pyridine rings is 1. The molecule has 2 aromatic rings. The van der Waals surface area contributed by atoms with Crippen molar-refractivity contribution in [3.8, 4) is 5.88 Å². The minimum Gasteiger partial charge on any atom is -0.481 e. The molecule has 0 radical (unpaired) electrons. The molecule has 0 atom stereocenters. The molecule has 0 fully saturated rings. The quantitative estimate of drug-likeness (QED) is 0.819. The summed E-state index contributed by atoms with van der Waals surface area (Å²) in [4.78, 5) is 12.6. The molecule has 6 nitrogen and oxygen atoms in total. The molecule has 0 saturated carbocycles. The molecule has 0 amide bonds. The Bertz CT molecular complexity index is 576. The predicted octanol–water partition coefficient (Wildman–Crippen LogP) is 2.97. The summed E-state index contributed by atoms with van der Waals surface area (Å²) in [6.07, 6.45) is 4.34. The third-order valence-corrected chi connectivity index (χ3v) is 3.02. The molecule has 0 bridgehead atoms. The van der Waals surface area contributed by atoms with Crippen LogP contribution >= 0.6 is 11.6 Å². The Morgan fingerprint density at radius 3 is 2.71 bits per heavy atom. The number of hydrogen-bond acceptors (Lipinski definition) is 6. The zero-order valence-electron chi connectivity index (χ0n) is 12.1. The van der Waals surface area contributed by atoms with Gasteiger partial charge in [-0.15, -0.1) is 0 Å². The second kappa shape index (κ2) is 7.64. The lowest BCUT2D eigenvalue weighted by Crippen LogP contribution is -2.08. The van der Waals surface area contributed by atoms with Crippen molar-refractivity contribution in [2.45, 2.75) is 19.9 Å². The van der Waals surface area contributed by atoms with Crippen molar-refractivity contribution in [1.82, 2.24) is 15.0 Å². The molecule has 0 aliphatic heterocycles. The van der Waals surface area contributed by atoms with Gasteiger partial charge in [-0.2, -0.15) is 4.98 Å². The summed E-state index contributed by atoms with van der Waals surface area (Å²) in [5.74, 6) is 1.75. The third-order valence-electron chi connectivity index (χ3n) is 2.74. The first kappa shape index (κ1) is 15.3. The monoisotopic (exact) mass is 307 g/mol. The molecule has 2 heterocycles. The number of nitrogens with zero attached hydrogens (tertiary/aromatic N) is 3. The van der Waals surface area contributed by atoms with Crippen molar-refractivity contribution >= 4 is 23.4 Å². The number of aromatic nitrogens is 3. The molecular formula is C14H18ClN5O. The summed E-state index contributed by atoms with van der Waals surface area (Å²) in [6, 6.07) is 3.75. The van der Waals surface area contributed by atoms with Gasteiger partial charge in [0.2, 0.25) is 11.8 Å². The zero-order valence-corrected chi connectivity index (χ0v) is 12.8. The summed E-state index contributed by atoms with van der Waals surface area (Å²) in [5, 5.41) is 6.79. The highest BCUT2D eigenvalue weighted by atomic mass is 35.5. The van der Waals surface area contributed by atoms with Gasteiger partial charge < -0.3 is 15.4 Å². The molecular weight excluding hydrogens is 290 g/mol. The van der Waals surface area contributed by atoms with Crippen LogP contribution in [0.5, 0.6) is 5.88 Å². The van der Waals surface area contributed by atoms with E-state index in [9.17, 15) is 0 Å². The van der Waals surface area contributed by atoms with Gasteiger partial charge in [-0.3, -0.25) is 0 Å². The summed E-state index contributed by atoms with van der Waals surface area (Å²) >= 11 is 6.09. The molecule has 0 aliphatic rings. The Morgan fingerprint density at radius 2 is 2.05 bits per heavy atom. The first-order valence-corrected chi connectivity index (χ1v) is 7.10. The number of halogens is 1. The molecule has 21 heavy (non-hydrogen) atoms. The van der Waals surface area contributed by atoms with E-state index in [1.807, 2.05) is 12.1 Å². The first-order chi connectivity index (χ1) is 10.2. The average molecular weight is 308 g/mol. The molecule has 0 aromatic carbocycles. The van der Waals surface area contributed by atoms with Gasteiger partial charge in [0.15, 0.2) is 5.82 Å². The number of anilines is 2. The van der Waals surface area contributed by atoms with E-state index in [1.165, 1.54) is 0 Å². The van der Waals surface area contributed by atoms with Crippen molar-refractivity contribution in [1.29, 1.82) is 0 Å². The minimum atomic E-state index is 0.485. The molecule has 112 valence electrons.